The third kappa shape index (κ3) is 3.06. The fraction of sp³-hybridized carbons (Fsp3) is 0. The van der Waals surface area contributed by atoms with Crippen molar-refractivity contribution in [3.05, 3.63) is 27.8 Å². The lowest BCUT2D eigenvalue weighted by Gasteiger charge is -2.01. The summed E-state index contributed by atoms with van der Waals surface area (Å²) in [5.74, 6) is -1.10. The summed E-state index contributed by atoms with van der Waals surface area (Å²) in [5.41, 5.74) is 5.93. The molecule has 1 rings (SSSR count). The lowest BCUT2D eigenvalue weighted by atomic mass is 10.2. The van der Waals surface area contributed by atoms with Crippen LogP contribution >= 0.6 is 0 Å². The summed E-state index contributed by atoms with van der Waals surface area (Å²) in [6, 6.07) is 0.773. The first kappa shape index (κ1) is 12.2. The average Bonchev–Trinajstić information content (AvgIpc) is 2.20. The number of nitrogens with one attached hydrogen (secondary N) is 1. The summed E-state index contributed by atoms with van der Waals surface area (Å²) in [7, 11) is 0. The van der Waals surface area contributed by atoms with Gasteiger partial charge in [0, 0.05) is 17.7 Å². The number of amides is 2. The summed E-state index contributed by atoms with van der Waals surface area (Å²) in [6.45, 7) is 0. The smallest absolute Gasteiger partial charge is 0.332 e. The van der Waals surface area contributed by atoms with Crippen LogP contribution in [0.2, 0.25) is 0 Å². The molecule has 0 saturated heterocycles. The Morgan fingerprint density at radius 3 is 2.65 bits per heavy atom. The predicted octanol–water partition coefficient (Wildman–Crippen LogP) is 0.00820. The molecule has 0 aromatic heterocycles. The minimum Gasteiger partial charge on any atom is -0.507 e. The van der Waals surface area contributed by atoms with Crippen molar-refractivity contribution in [2.75, 3.05) is 0 Å². The number of primary amides is 1. The molecule has 0 fully saturated rings. The Balaban J connectivity index is 3.07. The molecule has 1 aromatic rings. The normalized spacial score (nSPS) is 10.4. The van der Waals surface area contributed by atoms with Crippen molar-refractivity contribution >= 4 is 17.9 Å². The number of nitrogens with zero attached hydrogens (tertiary/aromatic N) is 2. The zero-order valence-corrected chi connectivity index (χ0v) is 8.32. The van der Waals surface area contributed by atoms with Crippen LogP contribution in [0.15, 0.2) is 17.2 Å². The number of nitro groups is 1. The highest BCUT2D eigenvalue weighted by molar-refractivity contribution is 5.86. The topological polar surface area (TPSA) is 151 Å². The monoisotopic (exact) mass is 240 g/mol. The number of benzene rings is 1. The van der Waals surface area contributed by atoms with Gasteiger partial charge in [0.2, 0.25) is 0 Å². The predicted molar refractivity (Wildman–Crippen MR) is 56.7 cm³/mol. The van der Waals surface area contributed by atoms with Gasteiger partial charge < -0.3 is 15.9 Å². The largest absolute Gasteiger partial charge is 0.507 e. The molecule has 9 heteroatoms. The number of urea groups is 1. The number of rotatable bonds is 3. The van der Waals surface area contributed by atoms with Crippen LogP contribution in [-0.2, 0) is 0 Å². The summed E-state index contributed by atoms with van der Waals surface area (Å²) in [4.78, 5) is 20.0. The lowest BCUT2D eigenvalue weighted by Crippen LogP contribution is -2.24. The van der Waals surface area contributed by atoms with E-state index in [-0.39, 0.29) is 5.56 Å². The standard InChI is InChI=1S/C8H8N4O5/c9-8(15)11-10-3-4-1-5(12(16)17)7(14)2-6(4)13/h1-3,13-14H,(H3,9,11,15). The van der Waals surface area contributed by atoms with Gasteiger partial charge in [0.1, 0.15) is 5.75 Å². The van der Waals surface area contributed by atoms with E-state index < -0.39 is 28.1 Å². The fourth-order valence-electron chi connectivity index (χ4n) is 0.997. The number of aromatic hydroxyl groups is 2. The highest BCUT2D eigenvalue weighted by Gasteiger charge is 2.16. The molecule has 9 nitrogen and oxygen atoms in total. The number of phenolic OH excluding ortho intramolecular Hbond substituents is 2. The molecule has 2 amide bonds. The molecule has 5 N–H and O–H groups in total. The van der Waals surface area contributed by atoms with Gasteiger partial charge in [-0.25, -0.2) is 10.2 Å². The van der Waals surface area contributed by atoms with E-state index in [9.17, 15) is 20.0 Å². The molecule has 0 atom stereocenters. The number of hydrogen-bond acceptors (Lipinski definition) is 6. The molecule has 0 heterocycles. The van der Waals surface area contributed by atoms with Crippen LogP contribution in [0, 0.1) is 10.1 Å². The zero-order valence-electron chi connectivity index (χ0n) is 8.32. The highest BCUT2D eigenvalue weighted by atomic mass is 16.6. The third-order valence-corrected chi connectivity index (χ3v) is 1.70. The Labute approximate surface area is 94.3 Å². The number of nitro benzene ring substituents is 1. The van der Waals surface area contributed by atoms with Crippen LogP contribution < -0.4 is 11.2 Å². The van der Waals surface area contributed by atoms with Gasteiger partial charge in [0.25, 0.3) is 0 Å². The number of hydrogen-bond donors (Lipinski definition) is 4. The second kappa shape index (κ2) is 4.79. The molecular formula is C8H8N4O5. The zero-order chi connectivity index (χ0) is 13.0. The average molecular weight is 240 g/mol. The Morgan fingerprint density at radius 2 is 2.12 bits per heavy atom. The van der Waals surface area contributed by atoms with E-state index >= 15 is 0 Å². The molecule has 0 aliphatic heterocycles. The van der Waals surface area contributed by atoms with Crippen LogP contribution in [-0.4, -0.2) is 27.4 Å². The molecular weight excluding hydrogens is 232 g/mol. The summed E-state index contributed by atoms with van der Waals surface area (Å²) < 4.78 is 0. The summed E-state index contributed by atoms with van der Waals surface area (Å²) in [6.07, 6.45) is 0.951. The maximum atomic E-state index is 10.5. The van der Waals surface area contributed by atoms with Crippen molar-refractivity contribution in [1.82, 2.24) is 5.43 Å². The first-order chi connectivity index (χ1) is 7.91. The summed E-state index contributed by atoms with van der Waals surface area (Å²) in [5, 5.41) is 32.3. The molecule has 0 saturated carbocycles. The van der Waals surface area contributed by atoms with E-state index in [4.69, 9.17) is 10.8 Å². The van der Waals surface area contributed by atoms with Crippen LogP contribution in [0.5, 0.6) is 11.5 Å². The molecule has 0 aliphatic carbocycles. The van der Waals surface area contributed by atoms with Gasteiger partial charge in [-0.15, -0.1) is 0 Å². The molecule has 0 radical (unpaired) electrons. The van der Waals surface area contributed by atoms with Crippen LogP contribution in [0.1, 0.15) is 5.56 Å². The molecule has 0 unspecified atom stereocenters. The number of hydrazone groups is 1. The molecule has 0 spiro atoms. The molecule has 1 aromatic carbocycles. The fourth-order valence-corrected chi connectivity index (χ4v) is 0.997. The van der Waals surface area contributed by atoms with Gasteiger partial charge >= 0.3 is 11.7 Å². The van der Waals surface area contributed by atoms with Crippen LogP contribution in [0.3, 0.4) is 0 Å². The molecule has 0 bridgehead atoms. The second-order valence-corrected chi connectivity index (χ2v) is 2.89. The Kier molecular flexibility index (Phi) is 3.44. The van der Waals surface area contributed by atoms with Crippen molar-refractivity contribution < 1.29 is 19.9 Å². The molecule has 90 valence electrons. The summed E-state index contributed by atoms with van der Waals surface area (Å²) >= 11 is 0. The lowest BCUT2D eigenvalue weighted by molar-refractivity contribution is -0.385. The van der Waals surface area contributed by atoms with Gasteiger partial charge in [0.05, 0.1) is 11.1 Å². The van der Waals surface area contributed by atoms with Gasteiger partial charge in [-0.05, 0) is 0 Å². The van der Waals surface area contributed by atoms with Crippen molar-refractivity contribution in [2.45, 2.75) is 0 Å². The first-order valence-electron chi connectivity index (χ1n) is 4.20. The Morgan fingerprint density at radius 1 is 1.47 bits per heavy atom. The minimum absolute atomic E-state index is 0.0525. The third-order valence-electron chi connectivity index (χ3n) is 1.70. The second-order valence-electron chi connectivity index (χ2n) is 2.89. The van der Waals surface area contributed by atoms with Crippen LogP contribution in [0.4, 0.5) is 10.5 Å². The van der Waals surface area contributed by atoms with E-state index in [0.717, 1.165) is 18.3 Å². The maximum Gasteiger partial charge on any atom is 0.332 e. The van der Waals surface area contributed by atoms with E-state index in [1.165, 1.54) is 0 Å². The Hall–Kier alpha value is -2.84. The number of phenols is 2. The van der Waals surface area contributed by atoms with E-state index in [1.54, 1.807) is 0 Å². The molecule has 17 heavy (non-hydrogen) atoms. The first-order valence-corrected chi connectivity index (χ1v) is 4.20. The van der Waals surface area contributed by atoms with E-state index in [0.29, 0.717) is 0 Å². The van der Waals surface area contributed by atoms with Crippen LogP contribution in [0.25, 0.3) is 0 Å². The highest BCUT2D eigenvalue weighted by Crippen LogP contribution is 2.31. The van der Waals surface area contributed by atoms with Gasteiger partial charge in [-0.1, -0.05) is 0 Å². The quantitative estimate of drug-likeness (QED) is 0.333. The SMILES string of the molecule is NC(=O)NN=Cc1cc([N+](=O)[O-])c(O)cc1O. The minimum atomic E-state index is -0.922. The number of carbonyl (C=O) groups excluding carboxylic acids is 1. The van der Waals surface area contributed by atoms with Gasteiger partial charge in [-0.3, -0.25) is 10.1 Å². The van der Waals surface area contributed by atoms with Crippen molar-refractivity contribution in [2.24, 2.45) is 10.8 Å². The molecule has 0 aliphatic rings. The number of carbonyl (C=O) groups is 1. The van der Waals surface area contributed by atoms with Gasteiger partial charge in [0.15, 0.2) is 5.75 Å². The number of nitrogens with two attached hydrogens (primary N) is 1. The van der Waals surface area contributed by atoms with Crippen molar-refractivity contribution in [1.29, 1.82) is 0 Å². The van der Waals surface area contributed by atoms with E-state index in [1.807, 2.05) is 5.43 Å². The van der Waals surface area contributed by atoms with Crippen molar-refractivity contribution in [3.63, 3.8) is 0 Å². The van der Waals surface area contributed by atoms with E-state index in [2.05, 4.69) is 5.10 Å². The Bertz CT molecular complexity index is 499. The maximum absolute atomic E-state index is 10.5. The van der Waals surface area contributed by atoms with Gasteiger partial charge in [-0.2, -0.15) is 5.10 Å². The van der Waals surface area contributed by atoms with Crippen molar-refractivity contribution in [3.8, 4) is 11.5 Å².